The summed E-state index contributed by atoms with van der Waals surface area (Å²) in [5, 5.41) is 3.70. The molecule has 0 radical (unpaired) electrons. The molecule has 0 fully saturated rings. The van der Waals surface area contributed by atoms with Gasteiger partial charge in [0.2, 0.25) is 0 Å². The number of hydrogen-bond donors (Lipinski definition) is 2. The van der Waals surface area contributed by atoms with Gasteiger partial charge in [0.15, 0.2) is 0 Å². The van der Waals surface area contributed by atoms with E-state index < -0.39 is 10.0 Å². The lowest BCUT2D eigenvalue weighted by atomic mass is 10.3. The predicted molar refractivity (Wildman–Crippen MR) is 107 cm³/mol. The molecule has 1 aromatic heterocycles. The van der Waals surface area contributed by atoms with Crippen molar-refractivity contribution >= 4 is 38.8 Å². The normalized spacial score (nSPS) is 14.1. The topological polar surface area (TPSA) is 101 Å². The van der Waals surface area contributed by atoms with Crippen LogP contribution in [0.3, 0.4) is 0 Å². The number of nitrogens with one attached hydrogen (secondary N) is 2. The van der Waals surface area contributed by atoms with Crippen LogP contribution < -0.4 is 10.0 Å². The highest BCUT2D eigenvalue weighted by Gasteiger charge is 2.20. The Bertz CT molecular complexity index is 980. The largest absolute Gasteiger partial charge is 0.321 e. The van der Waals surface area contributed by atoms with Crippen molar-refractivity contribution in [2.45, 2.75) is 44.4 Å². The van der Waals surface area contributed by atoms with Crippen LogP contribution in [-0.2, 0) is 16.4 Å². The first-order chi connectivity index (χ1) is 12.9. The molecule has 1 aliphatic rings. The molecule has 2 N–H and O–H groups in total. The van der Waals surface area contributed by atoms with Crippen LogP contribution >= 0.6 is 11.3 Å². The lowest BCUT2D eigenvalue weighted by molar-refractivity contribution is 0.102. The molecule has 0 bridgehead atoms. The number of aromatic nitrogens is 1. The number of benzene rings is 1. The van der Waals surface area contributed by atoms with Crippen molar-refractivity contribution in [1.29, 1.82) is 0 Å². The zero-order valence-corrected chi connectivity index (χ0v) is 16.9. The van der Waals surface area contributed by atoms with Crippen molar-refractivity contribution in [3.63, 3.8) is 0 Å². The monoisotopic (exact) mass is 406 g/mol. The molecule has 1 amide bonds. The van der Waals surface area contributed by atoms with E-state index in [1.807, 2.05) is 0 Å². The molecule has 0 saturated heterocycles. The molecule has 0 unspecified atom stereocenters. The number of amidine groups is 1. The number of rotatable bonds is 6. The van der Waals surface area contributed by atoms with Crippen molar-refractivity contribution in [1.82, 2.24) is 9.71 Å². The molecule has 0 spiro atoms. The summed E-state index contributed by atoms with van der Waals surface area (Å²) in [6.07, 6.45) is 3.27. The summed E-state index contributed by atoms with van der Waals surface area (Å²) in [6, 6.07) is 6.19. The molecule has 0 aliphatic carbocycles. The Morgan fingerprint density at radius 3 is 2.85 bits per heavy atom. The van der Waals surface area contributed by atoms with Gasteiger partial charge in [-0.15, -0.1) is 11.3 Å². The van der Waals surface area contributed by atoms with Crippen LogP contribution in [0.15, 0.2) is 34.2 Å². The Balaban J connectivity index is 1.76. The molecule has 7 nitrogen and oxygen atoms in total. The standard InChI is InChI=1S/C18H22N4O3S2/c1-3-6-16-20-12(2)17(26-16)18(23)21-13-7-4-8-14(11-13)27(24,25)22-15-9-5-10-19-15/h4,7-8,11H,3,5-6,9-10H2,1-2H3,(H,19,22)(H,21,23). The van der Waals surface area contributed by atoms with E-state index in [4.69, 9.17) is 0 Å². The van der Waals surface area contributed by atoms with Gasteiger partial charge >= 0.3 is 0 Å². The predicted octanol–water partition coefficient (Wildman–Crippen LogP) is 3.13. The van der Waals surface area contributed by atoms with Crippen LogP contribution in [0.2, 0.25) is 0 Å². The van der Waals surface area contributed by atoms with Gasteiger partial charge in [-0.2, -0.15) is 0 Å². The third kappa shape index (κ3) is 4.72. The number of amides is 1. The zero-order chi connectivity index (χ0) is 19.4. The van der Waals surface area contributed by atoms with Crippen molar-refractivity contribution in [3.05, 3.63) is 39.8 Å². The van der Waals surface area contributed by atoms with E-state index in [2.05, 4.69) is 26.9 Å². The smallest absolute Gasteiger partial charge is 0.267 e. The maximum Gasteiger partial charge on any atom is 0.267 e. The Hall–Kier alpha value is -2.26. The van der Waals surface area contributed by atoms with Crippen LogP contribution in [0.5, 0.6) is 0 Å². The van der Waals surface area contributed by atoms with E-state index in [0.717, 1.165) is 24.3 Å². The molecule has 0 atom stereocenters. The van der Waals surface area contributed by atoms with Crippen LogP contribution in [-0.4, -0.2) is 31.7 Å². The molecule has 9 heteroatoms. The summed E-state index contributed by atoms with van der Waals surface area (Å²) in [6.45, 7) is 4.51. The summed E-state index contributed by atoms with van der Waals surface area (Å²) in [5.41, 5.74) is 1.10. The van der Waals surface area contributed by atoms with Crippen LogP contribution in [0.4, 0.5) is 5.69 Å². The van der Waals surface area contributed by atoms with E-state index >= 15 is 0 Å². The first-order valence-corrected chi connectivity index (χ1v) is 11.1. The van der Waals surface area contributed by atoms with Gasteiger partial charge in [0.25, 0.3) is 15.9 Å². The SMILES string of the molecule is CCCc1nc(C)c(C(=O)Nc2cccc(S(=O)(=O)NC3=NCCC3)c2)s1. The number of aliphatic imine (C=N–C) groups is 1. The van der Waals surface area contributed by atoms with Gasteiger partial charge in [0.05, 0.1) is 15.6 Å². The third-order valence-electron chi connectivity index (χ3n) is 4.04. The van der Waals surface area contributed by atoms with Crippen molar-refractivity contribution < 1.29 is 13.2 Å². The number of carbonyl (C=O) groups excluding carboxylic acids is 1. The van der Waals surface area contributed by atoms with Crippen molar-refractivity contribution in [2.75, 3.05) is 11.9 Å². The fraction of sp³-hybridized carbons (Fsp3) is 0.389. The van der Waals surface area contributed by atoms with Gasteiger partial charge in [-0.1, -0.05) is 13.0 Å². The van der Waals surface area contributed by atoms with E-state index in [1.165, 1.54) is 23.5 Å². The summed E-state index contributed by atoms with van der Waals surface area (Å²) >= 11 is 1.37. The maximum absolute atomic E-state index is 12.6. The Morgan fingerprint density at radius 2 is 2.15 bits per heavy atom. The highest BCUT2D eigenvalue weighted by molar-refractivity contribution is 7.90. The maximum atomic E-state index is 12.6. The van der Waals surface area contributed by atoms with Gasteiger partial charge in [-0.3, -0.25) is 14.5 Å². The first-order valence-electron chi connectivity index (χ1n) is 8.83. The average molecular weight is 407 g/mol. The van der Waals surface area contributed by atoms with Crippen LogP contribution in [0.25, 0.3) is 0 Å². The second-order valence-corrected chi connectivity index (χ2v) is 9.06. The summed E-state index contributed by atoms with van der Waals surface area (Å²) in [4.78, 5) is 21.8. The average Bonchev–Trinajstić information content (AvgIpc) is 3.24. The number of nitrogens with zero attached hydrogens (tertiary/aromatic N) is 2. The lowest BCUT2D eigenvalue weighted by Crippen LogP contribution is -2.29. The molecular weight excluding hydrogens is 384 g/mol. The number of thiazole rings is 1. The number of carbonyl (C=O) groups is 1. The fourth-order valence-electron chi connectivity index (χ4n) is 2.75. The summed E-state index contributed by atoms with van der Waals surface area (Å²) in [7, 11) is -3.72. The third-order valence-corrected chi connectivity index (χ3v) is 6.63. The minimum Gasteiger partial charge on any atom is -0.321 e. The Kier molecular flexibility index (Phi) is 5.91. The second-order valence-electron chi connectivity index (χ2n) is 6.29. The van der Waals surface area contributed by atoms with Crippen molar-refractivity contribution in [3.8, 4) is 0 Å². The second kappa shape index (κ2) is 8.18. The van der Waals surface area contributed by atoms with Crippen molar-refractivity contribution in [2.24, 2.45) is 4.99 Å². The summed E-state index contributed by atoms with van der Waals surface area (Å²) < 4.78 is 27.5. The molecule has 1 aliphatic heterocycles. The molecule has 0 saturated carbocycles. The Morgan fingerprint density at radius 1 is 1.33 bits per heavy atom. The van der Waals surface area contributed by atoms with Gasteiger partial charge in [-0.25, -0.2) is 13.4 Å². The summed E-state index contributed by atoms with van der Waals surface area (Å²) in [5.74, 6) is 0.197. The molecule has 2 aromatic rings. The molecule has 144 valence electrons. The highest BCUT2D eigenvalue weighted by atomic mass is 32.2. The number of sulfonamides is 1. The number of anilines is 1. The lowest BCUT2D eigenvalue weighted by Gasteiger charge is -2.10. The Labute approximate surface area is 163 Å². The first kappa shape index (κ1) is 19.5. The minimum atomic E-state index is -3.72. The molecule has 3 rings (SSSR count). The number of hydrogen-bond acceptors (Lipinski definition) is 6. The number of aryl methyl sites for hydroxylation is 2. The quantitative estimate of drug-likeness (QED) is 0.770. The van der Waals surface area contributed by atoms with Gasteiger partial charge in [-0.05, 0) is 44.4 Å². The van der Waals surface area contributed by atoms with E-state index in [9.17, 15) is 13.2 Å². The molecule has 27 heavy (non-hydrogen) atoms. The molecular formula is C18H22N4O3S2. The van der Waals surface area contributed by atoms with Gasteiger partial charge < -0.3 is 5.32 Å². The minimum absolute atomic E-state index is 0.0857. The van der Waals surface area contributed by atoms with Crippen LogP contribution in [0, 0.1) is 6.92 Å². The van der Waals surface area contributed by atoms with E-state index in [0.29, 0.717) is 35.1 Å². The highest BCUT2D eigenvalue weighted by Crippen LogP contribution is 2.22. The van der Waals surface area contributed by atoms with Crippen LogP contribution in [0.1, 0.15) is 46.6 Å². The van der Waals surface area contributed by atoms with E-state index in [-0.39, 0.29) is 10.8 Å². The zero-order valence-electron chi connectivity index (χ0n) is 15.3. The van der Waals surface area contributed by atoms with E-state index in [1.54, 1.807) is 19.1 Å². The van der Waals surface area contributed by atoms with Gasteiger partial charge in [0, 0.05) is 18.7 Å². The molecule has 2 heterocycles. The van der Waals surface area contributed by atoms with Gasteiger partial charge in [0.1, 0.15) is 10.7 Å². The fourth-order valence-corrected chi connectivity index (χ4v) is 4.95. The molecule has 1 aromatic carbocycles.